The summed E-state index contributed by atoms with van der Waals surface area (Å²) in [6, 6.07) is 0. The van der Waals surface area contributed by atoms with E-state index in [0.29, 0.717) is 11.7 Å². The smallest absolute Gasteiger partial charge is 0.356 e. The number of aryl methyl sites for hydroxylation is 1. The van der Waals surface area contributed by atoms with Crippen molar-refractivity contribution in [2.45, 2.75) is 25.2 Å². The van der Waals surface area contributed by atoms with Gasteiger partial charge in [0.25, 0.3) is 0 Å². The molecule has 6 nitrogen and oxygen atoms in total. The molecule has 2 aromatic heterocycles. The molecule has 1 aliphatic rings. The molecule has 0 radical (unpaired) electrons. The van der Waals surface area contributed by atoms with Crippen LogP contribution in [0.4, 0.5) is 0 Å². The van der Waals surface area contributed by atoms with Gasteiger partial charge in [0.05, 0.1) is 6.20 Å². The van der Waals surface area contributed by atoms with E-state index in [2.05, 4.69) is 10.1 Å². The van der Waals surface area contributed by atoms with Crippen LogP contribution in [0.3, 0.4) is 0 Å². The van der Waals surface area contributed by atoms with Crippen LogP contribution in [0.1, 0.15) is 41.5 Å². The highest BCUT2D eigenvalue weighted by Gasteiger charge is 2.26. The Morgan fingerprint density at radius 3 is 2.88 bits per heavy atom. The van der Waals surface area contributed by atoms with Crippen molar-refractivity contribution in [3.05, 3.63) is 17.7 Å². The second-order valence-corrected chi connectivity index (χ2v) is 4.21. The molecule has 0 aliphatic heterocycles. The molecule has 3 rings (SSSR count). The predicted molar refractivity (Wildman–Crippen MR) is 55.5 cm³/mol. The normalized spacial score (nSPS) is 16.6. The van der Waals surface area contributed by atoms with Crippen molar-refractivity contribution < 1.29 is 9.90 Å². The van der Waals surface area contributed by atoms with Gasteiger partial charge in [-0.3, -0.25) is 4.57 Å². The van der Waals surface area contributed by atoms with Gasteiger partial charge in [0.1, 0.15) is 5.82 Å². The van der Waals surface area contributed by atoms with Crippen LogP contribution < -0.4 is 0 Å². The van der Waals surface area contributed by atoms with Gasteiger partial charge in [-0.25, -0.2) is 9.78 Å². The average molecular weight is 220 g/mol. The lowest BCUT2D eigenvalue weighted by Crippen LogP contribution is -2.14. The maximum atomic E-state index is 10.9. The van der Waals surface area contributed by atoms with E-state index < -0.39 is 5.97 Å². The van der Waals surface area contributed by atoms with Crippen LogP contribution in [-0.4, -0.2) is 30.2 Å². The zero-order valence-corrected chi connectivity index (χ0v) is 8.92. The van der Waals surface area contributed by atoms with E-state index in [0.717, 1.165) is 18.7 Å². The maximum Gasteiger partial charge on any atom is 0.356 e. The second-order valence-electron chi connectivity index (χ2n) is 4.21. The summed E-state index contributed by atoms with van der Waals surface area (Å²) in [4.78, 5) is 15.0. The lowest BCUT2D eigenvalue weighted by atomic mass is 9.85. The number of aromatic carboxylic acids is 1. The van der Waals surface area contributed by atoms with Crippen LogP contribution in [0.15, 0.2) is 6.20 Å². The second kappa shape index (κ2) is 3.07. The molecule has 0 spiro atoms. The quantitative estimate of drug-likeness (QED) is 0.820. The Morgan fingerprint density at radius 2 is 2.31 bits per heavy atom. The van der Waals surface area contributed by atoms with E-state index in [4.69, 9.17) is 5.11 Å². The molecular formula is C10H12N4O2. The van der Waals surface area contributed by atoms with E-state index in [1.165, 1.54) is 17.1 Å². The van der Waals surface area contributed by atoms with Crippen molar-refractivity contribution in [2.75, 3.05) is 0 Å². The van der Waals surface area contributed by atoms with Gasteiger partial charge >= 0.3 is 5.97 Å². The fourth-order valence-electron chi connectivity index (χ4n) is 2.10. The first-order valence-corrected chi connectivity index (χ1v) is 5.32. The number of aromatic nitrogens is 4. The van der Waals surface area contributed by atoms with E-state index >= 15 is 0 Å². The Labute approximate surface area is 91.5 Å². The number of carboxylic acids is 1. The van der Waals surface area contributed by atoms with Crippen molar-refractivity contribution in [3.8, 4) is 0 Å². The molecule has 1 N–H and O–H groups in total. The number of hydrogen-bond acceptors (Lipinski definition) is 3. The van der Waals surface area contributed by atoms with Gasteiger partial charge in [0.2, 0.25) is 5.78 Å². The Bertz CT molecular complexity index is 565. The Balaban J connectivity index is 2.18. The minimum Gasteiger partial charge on any atom is -0.476 e. The molecule has 0 aromatic carbocycles. The summed E-state index contributed by atoms with van der Waals surface area (Å²) in [5.41, 5.74) is 0.121. The Hall–Kier alpha value is -1.85. The first kappa shape index (κ1) is 9.38. The number of carbonyl (C=O) groups is 1. The van der Waals surface area contributed by atoms with E-state index in [-0.39, 0.29) is 5.69 Å². The molecule has 2 aromatic rings. The summed E-state index contributed by atoms with van der Waals surface area (Å²) in [5, 5.41) is 13.3. The van der Waals surface area contributed by atoms with Crippen molar-refractivity contribution >= 4 is 11.7 Å². The highest BCUT2D eigenvalue weighted by atomic mass is 16.4. The van der Waals surface area contributed by atoms with Gasteiger partial charge in [0, 0.05) is 13.0 Å². The van der Waals surface area contributed by atoms with Crippen molar-refractivity contribution in [2.24, 2.45) is 7.05 Å². The van der Waals surface area contributed by atoms with E-state index in [1.807, 2.05) is 11.6 Å². The SMILES string of the molecule is Cn1c(C2CCC2)nn2c(C(=O)O)cnc12. The number of fused-ring (bicyclic) bond motifs is 1. The zero-order valence-electron chi connectivity index (χ0n) is 8.92. The van der Waals surface area contributed by atoms with Crippen LogP contribution in [0.25, 0.3) is 5.78 Å². The summed E-state index contributed by atoms with van der Waals surface area (Å²) in [6.07, 6.45) is 4.84. The molecule has 0 unspecified atom stereocenters. The van der Waals surface area contributed by atoms with Gasteiger partial charge in [-0.1, -0.05) is 6.42 Å². The van der Waals surface area contributed by atoms with Gasteiger partial charge in [0.15, 0.2) is 5.69 Å². The summed E-state index contributed by atoms with van der Waals surface area (Å²) in [5.74, 6) is 1.01. The molecule has 2 heterocycles. The summed E-state index contributed by atoms with van der Waals surface area (Å²) < 4.78 is 3.30. The molecule has 84 valence electrons. The lowest BCUT2D eigenvalue weighted by Gasteiger charge is -2.23. The van der Waals surface area contributed by atoms with Crippen molar-refractivity contribution in [1.82, 2.24) is 19.2 Å². The van der Waals surface area contributed by atoms with Crippen LogP contribution in [0.2, 0.25) is 0 Å². The Kier molecular flexibility index (Phi) is 1.80. The summed E-state index contributed by atoms with van der Waals surface area (Å²) >= 11 is 0. The fraction of sp³-hybridized carbons (Fsp3) is 0.500. The number of rotatable bonds is 2. The molecule has 0 bridgehead atoms. The minimum absolute atomic E-state index is 0.121. The van der Waals surface area contributed by atoms with Crippen LogP contribution in [0.5, 0.6) is 0 Å². The third-order valence-electron chi connectivity index (χ3n) is 3.26. The lowest BCUT2D eigenvalue weighted by molar-refractivity contribution is 0.0688. The third kappa shape index (κ3) is 1.09. The molecular weight excluding hydrogens is 208 g/mol. The third-order valence-corrected chi connectivity index (χ3v) is 3.26. The first-order valence-electron chi connectivity index (χ1n) is 5.32. The number of carboxylic acid groups (broad SMARTS) is 1. The van der Waals surface area contributed by atoms with Crippen LogP contribution in [-0.2, 0) is 7.05 Å². The highest BCUT2D eigenvalue weighted by molar-refractivity contribution is 5.86. The first-order chi connectivity index (χ1) is 7.68. The molecule has 1 aliphatic carbocycles. The van der Waals surface area contributed by atoms with Crippen LogP contribution >= 0.6 is 0 Å². The van der Waals surface area contributed by atoms with Crippen molar-refractivity contribution in [3.63, 3.8) is 0 Å². The summed E-state index contributed by atoms with van der Waals surface area (Å²) in [7, 11) is 1.88. The van der Waals surface area contributed by atoms with Crippen LogP contribution in [0, 0.1) is 0 Å². The molecule has 16 heavy (non-hydrogen) atoms. The fourth-order valence-corrected chi connectivity index (χ4v) is 2.10. The van der Waals surface area contributed by atoms with Gasteiger partial charge in [-0.15, -0.1) is 0 Å². The largest absolute Gasteiger partial charge is 0.476 e. The van der Waals surface area contributed by atoms with Gasteiger partial charge in [-0.05, 0) is 12.8 Å². The zero-order chi connectivity index (χ0) is 11.3. The van der Waals surface area contributed by atoms with Gasteiger partial charge in [-0.2, -0.15) is 9.61 Å². The minimum atomic E-state index is -0.995. The number of imidazole rings is 1. The number of nitrogens with zero attached hydrogens (tertiary/aromatic N) is 4. The standard InChI is InChI=1S/C10H12N4O2/c1-13-8(6-3-2-4-6)12-14-7(9(15)16)5-11-10(13)14/h5-6H,2-4H2,1H3,(H,15,16). The molecule has 1 saturated carbocycles. The Morgan fingerprint density at radius 1 is 1.56 bits per heavy atom. The molecule has 0 saturated heterocycles. The predicted octanol–water partition coefficient (Wildman–Crippen LogP) is 1.03. The molecule has 0 amide bonds. The molecule has 6 heteroatoms. The van der Waals surface area contributed by atoms with Gasteiger partial charge < -0.3 is 5.11 Å². The van der Waals surface area contributed by atoms with E-state index in [1.54, 1.807) is 0 Å². The van der Waals surface area contributed by atoms with E-state index in [9.17, 15) is 4.79 Å². The average Bonchev–Trinajstić information content (AvgIpc) is 2.66. The maximum absolute atomic E-state index is 10.9. The highest BCUT2D eigenvalue weighted by Crippen LogP contribution is 2.35. The summed E-state index contributed by atoms with van der Waals surface area (Å²) in [6.45, 7) is 0. The number of hydrogen-bond donors (Lipinski definition) is 1. The molecule has 0 atom stereocenters. The monoisotopic (exact) mass is 220 g/mol. The topological polar surface area (TPSA) is 72.4 Å². The van der Waals surface area contributed by atoms with Crippen molar-refractivity contribution in [1.29, 1.82) is 0 Å². The molecule has 1 fully saturated rings.